The van der Waals surface area contributed by atoms with Gasteiger partial charge in [-0.15, -0.1) is 0 Å². The number of amides is 2. The Morgan fingerprint density at radius 2 is 1.39 bits per heavy atom. The van der Waals surface area contributed by atoms with Gasteiger partial charge in [0.15, 0.2) is 0 Å². The van der Waals surface area contributed by atoms with Crippen molar-refractivity contribution in [1.82, 2.24) is 4.31 Å². The second-order valence-corrected chi connectivity index (χ2v) is 9.06. The van der Waals surface area contributed by atoms with Gasteiger partial charge in [0.05, 0.1) is 10.6 Å². The third-order valence-corrected chi connectivity index (χ3v) is 7.05. The van der Waals surface area contributed by atoms with Crippen molar-refractivity contribution in [3.05, 3.63) is 83.9 Å². The van der Waals surface area contributed by atoms with Crippen molar-refractivity contribution in [3.8, 4) is 5.75 Å². The summed E-state index contributed by atoms with van der Waals surface area (Å²) in [7, 11) is -3.75. The molecular formula is C24H25N3O5S. The first-order chi connectivity index (χ1) is 15.8. The van der Waals surface area contributed by atoms with E-state index >= 15 is 0 Å². The van der Waals surface area contributed by atoms with Crippen molar-refractivity contribution in [2.45, 2.75) is 18.7 Å². The maximum Gasteiger partial charge on any atom is 0.255 e. The molecule has 0 saturated heterocycles. The van der Waals surface area contributed by atoms with E-state index in [1.807, 2.05) is 6.07 Å². The van der Waals surface area contributed by atoms with Gasteiger partial charge in [-0.2, -0.15) is 4.31 Å². The molecule has 3 aromatic carbocycles. The van der Waals surface area contributed by atoms with Crippen molar-refractivity contribution in [3.63, 3.8) is 0 Å². The van der Waals surface area contributed by atoms with Crippen LogP contribution in [0.15, 0.2) is 77.7 Å². The number of sulfonamides is 1. The molecule has 0 aliphatic heterocycles. The summed E-state index contributed by atoms with van der Waals surface area (Å²) >= 11 is 0. The molecule has 9 heteroatoms. The standard InChI is InChI=1S/C24H25N3O5S/c1-3-27(4-2)33(31,32)20-14-15-22(28)21(16-20)26-24(30)18-10-12-19(13-11-18)25-23(29)17-8-6-5-7-9-17/h5-16,28H,3-4H2,1-2H3,(H,25,29)(H,26,30). The Morgan fingerprint density at radius 1 is 0.818 bits per heavy atom. The quantitative estimate of drug-likeness (QED) is 0.434. The lowest BCUT2D eigenvalue weighted by molar-refractivity contribution is 0.101. The monoisotopic (exact) mass is 467 g/mol. The number of phenols is 1. The van der Waals surface area contributed by atoms with Crippen LogP contribution in [0.3, 0.4) is 0 Å². The highest BCUT2D eigenvalue weighted by Gasteiger charge is 2.23. The molecule has 3 N–H and O–H groups in total. The number of nitrogens with one attached hydrogen (secondary N) is 2. The molecule has 8 nitrogen and oxygen atoms in total. The number of nitrogens with zero attached hydrogens (tertiary/aromatic N) is 1. The van der Waals surface area contributed by atoms with Crippen LogP contribution in [0.1, 0.15) is 34.6 Å². The smallest absolute Gasteiger partial charge is 0.255 e. The molecule has 0 aliphatic carbocycles. The number of aromatic hydroxyl groups is 1. The lowest BCUT2D eigenvalue weighted by atomic mass is 10.1. The molecule has 0 atom stereocenters. The number of hydrogen-bond acceptors (Lipinski definition) is 5. The summed E-state index contributed by atoms with van der Waals surface area (Å²) in [6, 6.07) is 18.7. The Hall–Kier alpha value is -3.69. The fraction of sp³-hybridized carbons (Fsp3) is 0.167. The van der Waals surface area contributed by atoms with E-state index in [0.717, 1.165) is 0 Å². The second kappa shape index (κ2) is 10.3. The number of anilines is 2. The topological polar surface area (TPSA) is 116 Å². The van der Waals surface area contributed by atoms with Gasteiger partial charge in [0.1, 0.15) is 5.75 Å². The van der Waals surface area contributed by atoms with Crippen LogP contribution in [0.4, 0.5) is 11.4 Å². The van der Waals surface area contributed by atoms with Crippen molar-refractivity contribution >= 4 is 33.2 Å². The van der Waals surface area contributed by atoms with Gasteiger partial charge in [-0.1, -0.05) is 32.0 Å². The Bertz CT molecular complexity index is 1240. The summed E-state index contributed by atoms with van der Waals surface area (Å²) in [5, 5.41) is 15.4. The van der Waals surface area contributed by atoms with Crippen LogP contribution in [-0.4, -0.2) is 42.7 Å². The molecule has 2 amide bonds. The third-order valence-electron chi connectivity index (χ3n) is 5.00. The highest BCUT2D eigenvalue weighted by molar-refractivity contribution is 7.89. The molecule has 0 radical (unpaired) electrons. The molecule has 0 bridgehead atoms. The maximum absolute atomic E-state index is 12.7. The number of hydrogen-bond donors (Lipinski definition) is 3. The van der Waals surface area contributed by atoms with Crippen LogP contribution < -0.4 is 10.6 Å². The van der Waals surface area contributed by atoms with E-state index in [2.05, 4.69) is 10.6 Å². The van der Waals surface area contributed by atoms with Gasteiger partial charge in [-0.3, -0.25) is 9.59 Å². The molecule has 0 fully saturated rings. The minimum Gasteiger partial charge on any atom is -0.506 e. The van der Waals surface area contributed by atoms with E-state index in [1.165, 1.54) is 34.6 Å². The number of rotatable bonds is 8. The Kier molecular flexibility index (Phi) is 7.47. The van der Waals surface area contributed by atoms with Gasteiger partial charge < -0.3 is 15.7 Å². The fourth-order valence-corrected chi connectivity index (χ4v) is 4.67. The van der Waals surface area contributed by atoms with Gasteiger partial charge in [0.2, 0.25) is 10.0 Å². The summed E-state index contributed by atoms with van der Waals surface area (Å²) in [5.41, 5.74) is 1.27. The molecule has 3 aromatic rings. The molecule has 0 unspecified atom stereocenters. The van der Waals surface area contributed by atoms with E-state index in [-0.39, 0.29) is 27.8 Å². The number of carbonyl (C=O) groups excluding carboxylic acids is 2. The number of benzene rings is 3. The first-order valence-electron chi connectivity index (χ1n) is 10.4. The Morgan fingerprint density at radius 3 is 2.00 bits per heavy atom. The van der Waals surface area contributed by atoms with Crippen LogP contribution in [0.25, 0.3) is 0 Å². The molecule has 0 saturated carbocycles. The van der Waals surface area contributed by atoms with E-state index in [9.17, 15) is 23.1 Å². The van der Waals surface area contributed by atoms with E-state index in [4.69, 9.17) is 0 Å². The molecular weight excluding hydrogens is 442 g/mol. The van der Waals surface area contributed by atoms with Crippen molar-refractivity contribution in [1.29, 1.82) is 0 Å². The van der Waals surface area contributed by atoms with Gasteiger partial charge in [0, 0.05) is 29.9 Å². The average Bonchev–Trinajstić information content (AvgIpc) is 2.82. The Labute approximate surface area is 192 Å². The Balaban J connectivity index is 1.74. The van der Waals surface area contributed by atoms with Gasteiger partial charge in [-0.25, -0.2) is 8.42 Å². The highest BCUT2D eigenvalue weighted by Crippen LogP contribution is 2.28. The predicted octanol–water partition coefficient (Wildman–Crippen LogP) is 3.93. The van der Waals surface area contributed by atoms with Crippen LogP contribution in [0.2, 0.25) is 0 Å². The first kappa shape index (κ1) is 24.0. The van der Waals surface area contributed by atoms with E-state index in [1.54, 1.807) is 50.2 Å². The van der Waals surface area contributed by atoms with Crippen molar-refractivity contribution < 1.29 is 23.1 Å². The average molecular weight is 468 g/mol. The third kappa shape index (κ3) is 5.57. The molecule has 33 heavy (non-hydrogen) atoms. The summed E-state index contributed by atoms with van der Waals surface area (Å²) in [4.78, 5) is 24.9. The van der Waals surface area contributed by atoms with Crippen molar-refractivity contribution in [2.75, 3.05) is 23.7 Å². The van der Waals surface area contributed by atoms with Crippen LogP contribution >= 0.6 is 0 Å². The van der Waals surface area contributed by atoms with Gasteiger partial charge in [-0.05, 0) is 54.6 Å². The number of phenolic OH excluding ortho intramolecular Hbond substituents is 1. The zero-order valence-electron chi connectivity index (χ0n) is 18.3. The predicted molar refractivity (Wildman–Crippen MR) is 127 cm³/mol. The van der Waals surface area contributed by atoms with Crippen molar-refractivity contribution in [2.24, 2.45) is 0 Å². The van der Waals surface area contributed by atoms with Crippen LogP contribution in [-0.2, 0) is 10.0 Å². The first-order valence-corrected chi connectivity index (χ1v) is 11.8. The second-order valence-electron chi connectivity index (χ2n) is 7.12. The fourth-order valence-electron chi connectivity index (χ4n) is 3.18. The lowest BCUT2D eigenvalue weighted by Crippen LogP contribution is -2.30. The summed E-state index contributed by atoms with van der Waals surface area (Å²) in [5.74, 6) is -1.07. The van der Waals surface area contributed by atoms with Crippen LogP contribution in [0.5, 0.6) is 5.75 Å². The zero-order chi connectivity index (χ0) is 24.0. The SMILES string of the molecule is CCN(CC)S(=O)(=O)c1ccc(O)c(NC(=O)c2ccc(NC(=O)c3ccccc3)cc2)c1. The lowest BCUT2D eigenvalue weighted by Gasteiger charge is -2.19. The van der Waals surface area contributed by atoms with Gasteiger partial charge >= 0.3 is 0 Å². The minimum atomic E-state index is -3.75. The minimum absolute atomic E-state index is 0.0188. The number of carbonyl (C=O) groups is 2. The van der Waals surface area contributed by atoms with E-state index in [0.29, 0.717) is 24.3 Å². The molecule has 0 aliphatic rings. The molecule has 172 valence electrons. The molecule has 3 rings (SSSR count). The van der Waals surface area contributed by atoms with Crippen LogP contribution in [0, 0.1) is 0 Å². The molecule has 0 heterocycles. The summed E-state index contributed by atoms with van der Waals surface area (Å²) in [6.45, 7) is 4.06. The summed E-state index contributed by atoms with van der Waals surface area (Å²) < 4.78 is 26.8. The maximum atomic E-state index is 12.7. The molecule has 0 spiro atoms. The molecule has 0 aromatic heterocycles. The highest BCUT2D eigenvalue weighted by atomic mass is 32.2. The zero-order valence-corrected chi connectivity index (χ0v) is 19.1. The van der Waals surface area contributed by atoms with E-state index < -0.39 is 15.9 Å². The summed E-state index contributed by atoms with van der Waals surface area (Å²) in [6.07, 6.45) is 0. The normalized spacial score (nSPS) is 11.2. The largest absolute Gasteiger partial charge is 0.506 e. The van der Waals surface area contributed by atoms with Gasteiger partial charge in [0.25, 0.3) is 11.8 Å².